The first-order valence-corrected chi connectivity index (χ1v) is 9.20. The van der Waals surface area contributed by atoms with Crippen molar-refractivity contribution in [2.75, 3.05) is 13.1 Å². The second kappa shape index (κ2) is 7.58. The molecule has 0 unspecified atom stereocenters. The highest BCUT2D eigenvalue weighted by molar-refractivity contribution is 9.10. The Labute approximate surface area is 159 Å². The third kappa shape index (κ3) is 4.05. The lowest BCUT2D eigenvalue weighted by molar-refractivity contribution is 0.0650. The number of likely N-dealkylation sites (tertiary alicyclic amines) is 1. The number of benzene rings is 2. The zero-order valence-electron chi connectivity index (χ0n) is 13.4. The van der Waals surface area contributed by atoms with E-state index in [4.69, 9.17) is 11.6 Å². The quantitative estimate of drug-likeness (QED) is 0.739. The fourth-order valence-corrected chi connectivity index (χ4v) is 3.60. The largest absolute Gasteiger partial charge is 0.508 e. The smallest absolute Gasteiger partial charge is 0.255 e. The van der Waals surface area contributed by atoms with Crippen molar-refractivity contribution in [1.29, 1.82) is 0 Å². The van der Waals surface area contributed by atoms with Gasteiger partial charge in [-0.3, -0.25) is 9.59 Å². The van der Waals surface area contributed by atoms with E-state index in [9.17, 15) is 14.7 Å². The van der Waals surface area contributed by atoms with Gasteiger partial charge in [-0.15, -0.1) is 0 Å². The summed E-state index contributed by atoms with van der Waals surface area (Å²) in [7, 11) is 0. The summed E-state index contributed by atoms with van der Waals surface area (Å²) >= 11 is 9.50. The van der Waals surface area contributed by atoms with E-state index < -0.39 is 0 Å². The highest BCUT2D eigenvalue weighted by atomic mass is 79.9. The topological polar surface area (TPSA) is 57.6 Å². The normalized spacial score (nSPS) is 15.2. The van der Waals surface area contributed by atoms with Gasteiger partial charge in [0.15, 0.2) is 5.78 Å². The van der Waals surface area contributed by atoms with Gasteiger partial charge in [0.2, 0.25) is 0 Å². The molecular weight excluding hydrogens is 406 g/mol. The van der Waals surface area contributed by atoms with E-state index in [-0.39, 0.29) is 23.4 Å². The lowest BCUT2D eigenvalue weighted by atomic mass is 9.88. The summed E-state index contributed by atoms with van der Waals surface area (Å²) in [5, 5.41) is 9.75. The second-order valence-corrected chi connectivity index (χ2v) is 7.42. The Bertz CT molecular complexity index is 799. The molecule has 1 aliphatic rings. The van der Waals surface area contributed by atoms with Crippen LogP contribution in [0.4, 0.5) is 0 Å². The minimum absolute atomic E-state index is 0.0626. The van der Waals surface area contributed by atoms with Gasteiger partial charge in [0.05, 0.1) is 10.6 Å². The van der Waals surface area contributed by atoms with Crippen molar-refractivity contribution in [2.24, 2.45) is 5.92 Å². The van der Waals surface area contributed by atoms with E-state index in [0.717, 1.165) is 4.47 Å². The molecule has 1 heterocycles. The number of amides is 1. The monoisotopic (exact) mass is 421 g/mol. The average Bonchev–Trinajstić information content (AvgIpc) is 2.63. The molecule has 130 valence electrons. The molecule has 0 aliphatic carbocycles. The van der Waals surface area contributed by atoms with Crippen molar-refractivity contribution < 1.29 is 14.7 Å². The Balaban J connectivity index is 1.65. The number of Topliss-reactive ketones (excluding diaryl/α,β-unsaturated/α-hetero) is 1. The van der Waals surface area contributed by atoms with E-state index in [0.29, 0.717) is 42.1 Å². The van der Waals surface area contributed by atoms with E-state index in [1.54, 1.807) is 35.2 Å². The predicted octanol–water partition coefficient (Wildman–Crippen LogP) is 4.54. The molecular formula is C19H17BrClNO3. The molecule has 0 bridgehead atoms. The number of phenolic OH excluding ortho intramolecular Hbond substituents is 1. The lowest BCUT2D eigenvalue weighted by Gasteiger charge is -2.31. The maximum absolute atomic E-state index is 12.7. The number of hydrogen-bond acceptors (Lipinski definition) is 3. The third-order valence-corrected chi connectivity index (χ3v) is 5.29. The minimum Gasteiger partial charge on any atom is -0.508 e. The van der Waals surface area contributed by atoms with Gasteiger partial charge in [0.25, 0.3) is 5.91 Å². The fraction of sp³-hybridized carbons (Fsp3) is 0.263. The van der Waals surface area contributed by atoms with Crippen molar-refractivity contribution in [1.82, 2.24) is 4.90 Å². The third-order valence-electron chi connectivity index (χ3n) is 4.46. The van der Waals surface area contributed by atoms with Crippen LogP contribution in [0.3, 0.4) is 0 Å². The number of ketones is 1. The SMILES string of the molecule is O=C(c1ccc(O)cc1)C1CCN(C(=O)c2cc(Br)ccc2Cl)CC1. The van der Waals surface area contributed by atoms with E-state index in [2.05, 4.69) is 15.9 Å². The van der Waals surface area contributed by atoms with Crippen LogP contribution in [0.1, 0.15) is 33.6 Å². The Kier molecular flexibility index (Phi) is 5.45. The average molecular weight is 423 g/mol. The summed E-state index contributed by atoms with van der Waals surface area (Å²) in [5.41, 5.74) is 1.07. The van der Waals surface area contributed by atoms with Crippen LogP contribution in [0.15, 0.2) is 46.9 Å². The van der Waals surface area contributed by atoms with Crippen LogP contribution >= 0.6 is 27.5 Å². The van der Waals surface area contributed by atoms with Crippen LogP contribution in [0.25, 0.3) is 0 Å². The molecule has 3 rings (SSSR count). The maximum Gasteiger partial charge on any atom is 0.255 e. The number of rotatable bonds is 3. The number of piperidine rings is 1. The van der Waals surface area contributed by atoms with Crippen molar-refractivity contribution >= 4 is 39.2 Å². The molecule has 0 saturated carbocycles. The molecule has 1 saturated heterocycles. The molecule has 0 radical (unpaired) electrons. The number of phenols is 1. The first kappa shape index (κ1) is 18.0. The molecule has 4 nitrogen and oxygen atoms in total. The summed E-state index contributed by atoms with van der Waals surface area (Å²) in [6.45, 7) is 1.05. The molecule has 25 heavy (non-hydrogen) atoms. The Morgan fingerprint density at radius 3 is 2.36 bits per heavy atom. The maximum atomic E-state index is 12.7. The second-order valence-electron chi connectivity index (χ2n) is 6.10. The zero-order chi connectivity index (χ0) is 18.0. The van der Waals surface area contributed by atoms with Gasteiger partial charge in [-0.05, 0) is 55.3 Å². The fourth-order valence-electron chi connectivity index (χ4n) is 3.04. The van der Waals surface area contributed by atoms with Gasteiger partial charge in [0.1, 0.15) is 5.75 Å². The molecule has 0 spiro atoms. The summed E-state index contributed by atoms with van der Waals surface area (Å²) in [5.74, 6) is -0.0103. The molecule has 1 fully saturated rings. The van der Waals surface area contributed by atoms with Crippen molar-refractivity contribution in [3.8, 4) is 5.75 Å². The van der Waals surface area contributed by atoms with E-state index in [1.807, 2.05) is 0 Å². The number of hydrogen-bond donors (Lipinski definition) is 1. The molecule has 2 aromatic rings. The molecule has 1 amide bonds. The first-order valence-electron chi connectivity index (χ1n) is 8.03. The summed E-state index contributed by atoms with van der Waals surface area (Å²) in [6.07, 6.45) is 1.24. The molecule has 0 aromatic heterocycles. The van der Waals surface area contributed by atoms with E-state index in [1.165, 1.54) is 12.1 Å². The van der Waals surface area contributed by atoms with Gasteiger partial charge in [-0.2, -0.15) is 0 Å². The number of carbonyl (C=O) groups excluding carboxylic acids is 2. The van der Waals surface area contributed by atoms with Crippen LogP contribution in [0.2, 0.25) is 5.02 Å². The summed E-state index contributed by atoms with van der Waals surface area (Å²) in [6, 6.07) is 11.5. The van der Waals surface area contributed by atoms with Gasteiger partial charge in [0, 0.05) is 29.0 Å². The van der Waals surface area contributed by atoms with Crippen molar-refractivity contribution in [3.63, 3.8) is 0 Å². The van der Waals surface area contributed by atoms with Gasteiger partial charge < -0.3 is 10.0 Å². The Hall–Kier alpha value is -1.85. The van der Waals surface area contributed by atoms with Crippen LogP contribution in [-0.4, -0.2) is 34.8 Å². The Morgan fingerprint density at radius 1 is 1.08 bits per heavy atom. The van der Waals surface area contributed by atoms with Crippen LogP contribution in [0.5, 0.6) is 5.75 Å². The molecule has 0 atom stereocenters. The van der Waals surface area contributed by atoms with Gasteiger partial charge in [-0.25, -0.2) is 0 Å². The van der Waals surface area contributed by atoms with Crippen molar-refractivity contribution in [2.45, 2.75) is 12.8 Å². The molecule has 1 aliphatic heterocycles. The number of carbonyl (C=O) groups is 2. The highest BCUT2D eigenvalue weighted by Crippen LogP contribution is 2.27. The molecule has 1 N–H and O–H groups in total. The molecule has 2 aromatic carbocycles. The number of nitrogens with zero attached hydrogens (tertiary/aromatic N) is 1. The van der Waals surface area contributed by atoms with Crippen LogP contribution < -0.4 is 0 Å². The lowest BCUT2D eigenvalue weighted by Crippen LogP contribution is -2.40. The Morgan fingerprint density at radius 2 is 1.72 bits per heavy atom. The first-order chi connectivity index (χ1) is 12.0. The van der Waals surface area contributed by atoms with Gasteiger partial charge >= 0.3 is 0 Å². The van der Waals surface area contributed by atoms with Crippen LogP contribution in [0, 0.1) is 5.92 Å². The number of aromatic hydroxyl groups is 1. The predicted molar refractivity (Wildman–Crippen MR) is 100 cm³/mol. The molecule has 6 heteroatoms. The number of halogens is 2. The van der Waals surface area contributed by atoms with E-state index >= 15 is 0 Å². The standard InChI is InChI=1S/C19H17BrClNO3/c20-14-3-6-17(21)16(11-14)19(25)22-9-7-13(8-10-22)18(24)12-1-4-15(23)5-2-12/h1-6,11,13,23H,7-10H2. The summed E-state index contributed by atoms with van der Waals surface area (Å²) < 4.78 is 0.803. The zero-order valence-corrected chi connectivity index (χ0v) is 15.8. The van der Waals surface area contributed by atoms with Crippen LogP contribution in [-0.2, 0) is 0 Å². The minimum atomic E-state index is -0.109. The highest BCUT2D eigenvalue weighted by Gasteiger charge is 2.29. The van der Waals surface area contributed by atoms with Gasteiger partial charge in [-0.1, -0.05) is 27.5 Å². The van der Waals surface area contributed by atoms with Crippen molar-refractivity contribution in [3.05, 3.63) is 63.1 Å². The summed E-state index contributed by atoms with van der Waals surface area (Å²) in [4.78, 5) is 27.0.